The Morgan fingerprint density at radius 2 is 1.90 bits per heavy atom. The van der Waals surface area contributed by atoms with Crippen LogP contribution < -0.4 is 11.1 Å². The number of nitrogens with one attached hydrogen (secondary N) is 1. The first-order valence-corrected chi connectivity index (χ1v) is 5.75. The molecule has 6 heteroatoms. The van der Waals surface area contributed by atoms with Crippen molar-refractivity contribution in [3.63, 3.8) is 0 Å². The fraction of sp³-hybridized carbons (Fsp3) is 0. The highest BCUT2D eigenvalue weighted by Crippen LogP contribution is 2.15. The van der Waals surface area contributed by atoms with E-state index >= 15 is 0 Å². The summed E-state index contributed by atoms with van der Waals surface area (Å²) in [5.41, 5.74) is 6.09. The van der Waals surface area contributed by atoms with Gasteiger partial charge in [0.25, 0.3) is 5.91 Å². The highest BCUT2D eigenvalue weighted by Gasteiger charge is 2.10. The average molecular weight is 273 g/mol. The summed E-state index contributed by atoms with van der Waals surface area (Å²) in [6.07, 6.45) is 0. The van der Waals surface area contributed by atoms with Gasteiger partial charge >= 0.3 is 0 Å². The molecule has 2 rings (SSSR count). The lowest BCUT2D eigenvalue weighted by atomic mass is 10.1. The molecule has 102 valence electrons. The van der Waals surface area contributed by atoms with Crippen molar-refractivity contribution in [1.29, 1.82) is 0 Å². The number of hydrogen-bond acceptors (Lipinski definition) is 3. The average Bonchev–Trinajstić information content (AvgIpc) is 2.49. The second kappa shape index (κ2) is 5.83. The molecule has 0 bridgehead atoms. The third-order valence-corrected chi connectivity index (χ3v) is 2.64. The first-order chi connectivity index (χ1) is 9.61. The van der Waals surface area contributed by atoms with E-state index in [4.69, 9.17) is 10.9 Å². The van der Waals surface area contributed by atoms with Crippen molar-refractivity contribution in [1.82, 2.24) is 0 Å². The minimum absolute atomic E-state index is 0.0849. The Morgan fingerprint density at radius 3 is 2.55 bits per heavy atom. The van der Waals surface area contributed by atoms with E-state index in [1.165, 1.54) is 12.1 Å². The van der Waals surface area contributed by atoms with Gasteiger partial charge in [0.2, 0.25) is 0 Å². The van der Waals surface area contributed by atoms with Crippen molar-refractivity contribution in [3.05, 3.63) is 65.5 Å². The first-order valence-electron chi connectivity index (χ1n) is 5.75. The molecule has 0 aliphatic rings. The Morgan fingerprint density at radius 1 is 1.20 bits per heavy atom. The molecule has 0 saturated carbocycles. The number of amidine groups is 1. The van der Waals surface area contributed by atoms with Crippen LogP contribution in [0.25, 0.3) is 0 Å². The Bertz CT molecular complexity index is 657. The normalized spacial score (nSPS) is 11.2. The lowest BCUT2D eigenvalue weighted by Crippen LogP contribution is -2.17. The summed E-state index contributed by atoms with van der Waals surface area (Å²) in [6, 6.07) is 12.4. The van der Waals surface area contributed by atoms with Crippen molar-refractivity contribution >= 4 is 17.4 Å². The fourth-order valence-corrected chi connectivity index (χ4v) is 1.65. The Labute approximate surface area is 114 Å². The zero-order chi connectivity index (χ0) is 14.5. The number of carbonyl (C=O) groups excluding carboxylic acids is 1. The first kappa shape index (κ1) is 13.5. The molecule has 5 nitrogen and oxygen atoms in total. The van der Waals surface area contributed by atoms with E-state index in [1.54, 1.807) is 30.3 Å². The van der Waals surface area contributed by atoms with Crippen LogP contribution in [0.5, 0.6) is 0 Å². The van der Waals surface area contributed by atoms with Crippen molar-refractivity contribution < 1.29 is 14.4 Å². The zero-order valence-corrected chi connectivity index (χ0v) is 10.4. The fourth-order valence-electron chi connectivity index (χ4n) is 1.65. The van der Waals surface area contributed by atoms with Gasteiger partial charge in [0, 0.05) is 11.3 Å². The maximum absolute atomic E-state index is 13.5. The number of rotatable bonds is 3. The molecule has 0 aromatic heterocycles. The molecule has 0 atom stereocenters. The number of benzene rings is 2. The summed E-state index contributed by atoms with van der Waals surface area (Å²) in [5, 5.41) is 13.9. The van der Waals surface area contributed by atoms with Crippen LogP contribution >= 0.6 is 0 Å². The van der Waals surface area contributed by atoms with Crippen LogP contribution in [-0.2, 0) is 0 Å². The van der Waals surface area contributed by atoms with Crippen LogP contribution in [0.4, 0.5) is 10.1 Å². The van der Waals surface area contributed by atoms with Gasteiger partial charge in [-0.05, 0) is 30.3 Å². The van der Waals surface area contributed by atoms with Gasteiger partial charge in [0.15, 0.2) is 5.84 Å². The number of nitrogens with zero attached hydrogens (tertiary/aromatic N) is 1. The van der Waals surface area contributed by atoms with Crippen molar-refractivity contribution in [3.8, 4) is 0 Å². The van der Waals surface area contributed by atoms with Gasteiger partial charge in [-0.2, -0.15) is 0 Å². The molecule has 0 aliphatic carbocycles. The number of anilines is 1. The summed E-state index contributed by atoms with van der Waals surface area (Å²) in [7, 11) is 0. The predicted octanol–water partition coefficient (Wildman–Crippen LogP) is 2.17. The molecule has 2 aromatic rings. The molecule has 20 heavy (non-hydrogen) atoms. The topological polar surface area (TPSA) is 87.7 Å². The molecule has 1 amide bonds. The molecule has 2 aromatic carbocycles. The van der Waals surface area contributed by atoms with Gasteiger partial charge in [-0.25, -0.2) is 4.39 Å². The van der Waals surface area contributed by atoms with Gasteiger partial charge < -0.3 is 16.3 Å². The smallest absolute Gasteiger partial charge is 0.255 e. The summed E-state index contributed by atoms with van der Waals surface area (Å²) in [6.45, 7) is 0. The summed E-state index contributed by atoms with van der Waals surface area (Å²) < 4.78 is 13.5. The molecule has 0 aliphatic heterocycles. The van der Waals surface area contributed by atoms with E-state index in [1.807, 2.05) is 0 Å². The number of halogens is 1. The quantitative estimate of drug-likeness (QED) is 0.346. The second-order valence-corrected chi connectivity index (χ2v) is 4.00. The second-order valence-electron chi connectivity index (χ2n) is 4.00. The number of amides is 1. The van der Waals surface area contributed by atoms with Gasteiger partial charge in [-0.1, -0.05) is 23.4 Å². The van der Waals surface area contributed by atoms with Gasteiger partial charge in [-0.3, -0.25) is 4.79 Å². The van der Waals surface area contributed by atoms with Crippen molar-refractivity contribution in [2.75, 3.05) is 5.32 Å². The molecule has 0 radical (unpaired) electrons. The van der Waals surface area contributed by atoms with Gasteiger partial charge in [0.1, 0.15) is 5.82 Å². The van der Waals surface area contributed by atoms with Crippen LogP contribution in [0, 0.1) is 5.82 Å². The van der Waals surface area contributed by atoms with Crippen LogP contribution in [0.1, 0.15) is 15.9 Å². The molecule has 0 spiro atoms. The van der Waals surface area contributed by atoms with Crippen molar-refractivity contribution in [2.24, 2.45) is 10.9 Å². The maximum atomic E-state index is 13.5. The lowest BCUT2D eigenvalue weighted by Gasteiger charge is -2.07. The predicted molar refractivity (Wildman–Crippen MR) is 73.3 cm³/mol. The number of oxime groups is 1. The van der Waals surface area contributed by atoms with Crippen LogP contribution in [0.2, 0.25) is 0 Å². The highest BCUT2D eigenvalue weighted by molar-refractivity contribution is 6.05. The zero-order valence-electron chi connectivity index (χ0n) is 10.4. The van der Waals surface area contributed by atoms with Crippen LogP contribution in [0.15, 0.2) is 53.7 Å². The monoisotopic (exact) mass is 273 g/mol. The van der Waals surface area contributed by atoms with E-state index in [0.29, 0.717) is 11.3 Å². The van der Waals surface area contributed by atoms with Crippen LogP contribution in [-0.4, -0.2) is 17.0 Å². The lowest BCUT2D eigenvalue weighted by molar-refractivity contribution is 0.102. The minimum atomic E-state index is -0.641. The summed E-state index contributed by atoms with van der Waals surface area (Å²) >= 11 is 0. The van der Waals surface area contributed by atoms with E-state index < -0.39 is 5.82 Å². The van der Waals surface area contributed by atoms with Gasteiger partial charge in [-0.15, -0.1) is 0 Å². The van der Waals surface area contributed by atoms with E-state index in [-0.39, 0.29) is 17.3 Å². The Balaban J connectivity index is 2.25. The van der Waals surface area contributed by atoms with Crippen LogP contribution in [0.3, 0.4) is 0 Å². The van der Waals surface area contributed by atoms with Crippen molar-refractivity contribution in [2.45, 2.75) is 0 Å². The third-order valence-electron chi connectivity index (χ3n) is 2.64. The third kappa shape index (κ3) is 2.92. The van der Waals surface area contributed by atoms with E-state index in [9.17, 15) is 9.18 Å². The Hall–Kier alpha value is -2.89. The van der Waals surface area contributed by atoms with E-state index in [2.05, 4.69) is 10.5 Å². The largest absolute Gasteiger partial charge is 0.409 e. The number of hydrogen-bond donors (Lipinski definition) is 3. The number of nitrogens with two attached hydrogens (primary N) is 1. The molecule has 0 unspecified atom stereocenters. The summed E-state index contributed by atoms with van der Waals surface area (Å²) in [5.74, 6) is -1.33. The summed E-state index contributed by atoms with van der Waals surface area (Å²) in [4.78, 5) is 11.9. The van der Waals surface area contributed by atoms with E-state index in [0.717, 1.165) is 6.07 Å². The molecule has 0 saturated heterocycles. The molecule has 4 N–H and O–H groups in total. The Kier molecular flexibility index (Phi) is 3.95. The molecular weight excluding hydrogens is 261 g/mol. The number of carbonyl (C=O) groups is 1. The standard InChI is InChI=1S/C14H12FN3O2/c15-12-7-6-10(8-11(12)13(16)18-20)17-14(19)9-4-2-1-3-5-9/h1-8,20H,(H2,16,18)(H,17,19). The maximum Gasteiger partial charge on any atom is 0.255 e. The molecular formula is C14H12FN3O2. The van der Waals surface area contributed by atoms with Gasteiger partial charge in [0.05, 0.1) is 5.56 Å². The molecule has 0 fully saturated rings. The highest BCUT2D eigenvalue weighted by atomic mass is 19.1. The molecule has 0 heterocycles. The SMILES string of the molecule is NC(=NO)c1cc(NC(=O)c2ccccc2)ccc1F. The minimum Gasteiger partial charge on any atom is -0.409 e.